The van der Waals surface area contributed by atoms with Crippen molar-refractivity contribution in [2.24, 2.45) is 0 Å². The van der Waals surface area contributed by atoms with E-state index in [-0.39, 0.29) is 5.91 Å². The number of rotatable bonds is 6. The van der Waals surface area contributed by atoms with Crippen LogP contribution in [0.25, 0.3) is 5.70 Å². The van der Waals surface area contributed by atoms with Crippen molar-refractivity contribution in [1.82, 2.24) is 5.32 Å². The highest BCUT2D eigenvalue weighted by Crippen LogP contribution is 2.49. The van der Waals surface area contributed by atoms with Crippen LogP contribution in [0.5, 0.6) is 5.75 Å². The van der Waals surface area contributed by atoms with Crippen molar-refractivity contribution in [3.8, 4) is 5.75 Å². The van der Waals surface area contributed by atoms with Gasteiger partial charge in [-0.1, -0.05) is 0 Å². The molecule has 1 aromatic rings. The number of nitrogens with one attached hydrogen (secondary N) is 1. The molecule has 0 aliphatic heterocycles. The predicted octanol–water partition coefficient (Wildman–Crippen LogP) is 2.62. The third-order valence-corrected chi connectivity index (χ3v) is 4.10. The minimum absolute atomic E-state index is 0.286. The van der Waals surface area contributed by atoms with Crippen LogP contribution < -0.4 is 10.1 Å². The molecular formula is C13H18NO5P. The number of carbonyl (C=O) groups is 1. The third kappa shape index (κ3) is 4.49. The van der Waals surface area contributed by atoms with Gasteiger partial charge >= 0.3 is 7.60 Å². The summed E-state index contributed by atoms with van der Waals surface area (Å²) in [5.74, 6) is 1.67. The number of hydrogen-bond donors (Lipinski definition) is 1. The van der Waals surface area contributed by atoms with E-state index in [1.807, 2.05) is 0 Å². The second kappa shape index (κ2) is 7.24. The fourth-order valence-corrected chi connectivity index (χ4v) is 2.37. The number of hydrogen-bond acceptors (Lipinski definition) is 5. The zero-order valence-corrected chi connectivity index (χ0v) is 12.8. The molecule has 7 heteroatoms. The van der Waals surface area contributed by atoms with Crippen LogP contribution in [-0.4, -0.2) is 27.2 Å². The van der Waals surface area contributed by atoms with Gasteiger partial charge in [-0.05, 0) is 29.8 Å². The Morgan fingerprint density at radius 1 is 1.15 bits per heavy atom. The molecule has 0 aliphatic carbocycles. The summed E-state index contributed by atoms with van der Waals surface area (Å²) in [6, 6.07) is 6.93. The predicted molar refractivity (Wildman–Crippen MR) is 76.4 cm³/mol. The largest absolute Gasteiger partial charge is 0.497 e. The van der Waals surface area contributed by atoms with Crippen molar-refractivity contribution in [3.63, 3.8) is 0 Å². The Balaban J connectivity index is 3.20. The van der Waals surface area contributed by atoms with Gasteiger partial charge in [-0.3, -0.25) is 9.36 Å². The quantitative estimate of drug-likeness (QED) is 0.817. The minimum Gasteiger partial charge on any atom is -0.497 e. The summed E-state index contributed by atoms with van der Waals surface area (Å²) < 4.78 is 26.9. The first kappa shape index (κ1) is 16.4. The van der Waals surface area contributed by atoms with Crippen molar-refractivity contribution in [1.29, 1.82) is 0 Å². The molecule has 0 unspecified atom stereocenters. The number of benzene rings is 1. The number of carbonyl (C=O) groups excluding carboxylic acids is 1. The molecule has 1 N–H and O–H groups in total. The van der Waals surface area contributed by atoms with Crippen molar-refractivity contribution < 1.29 is 23.1 Å². The fraction of sp³-hybridized carbons (Fsp3) is 0.308. The first-order valence-electron chi connectivity index (χ1n) is 5.80. The van der Waals surface area contributed by atoms with Gasteiger partial charge in [0.15, 0.2) is 0 Å². The molecule has 1 amide bonds. The van der Waals surface area contributed by atoms with E-state index in [4.69, 9.17) is 13.8 Å². The Morgan fingerprint density at radius 3 is 2.10 bits per heavy atom. The van der Waals surface area contributed by atoms with E-state index in [1.54, 1.807) is 31.4 Å². The lowest BCUT2D eigenvalue weighted by atomic mass is 10.1. The minimum atomic E-state index is -3.39. The molecule has 6 nitrogen and oxygen atoms in total. The molecule has 0 aliphatic rings. The summed E-state index contributed by atoms with van der Waals surface area (Å²) in [5.41, 5.74) is 1.02. The smallest absolute Gasteiger partial charge is 0.355 e. The van der Waals surface area contributed by atoms with Gasteiger partial charge in [0.2, 0.25) is 5.91 Å². The van der Waals surface area contributed by atoms with Gasteiger partial charge in [-0.2, -0.15) is 0 Å². The first-order valence-corrected chi connectivity index (χ1v) is 7.41. The molecule has 1 rings (SSSR count). The van der Waals surface area contributed by atoms with E-state index in [1.165, 1.54) is 27.0 Å². The third-order valence-electron chi connectivity index (χ3n) is 2.51. The summed E-state index contributed by atoms with van der Waals surface area (Å²) in [6.07, 6.45) is 0. The molecule has 0 saturated heterocycles. The van der Waals surface area contributed by atoms with Crippen molar-refractivity contribution in [2.45, 2.75) is 6.92 Å². The Bertz CT molecular complexity index is 530. The van der Waals surface area contributed by atoms with E-state index in [9.17, 15) is 9.36 Å². The molecule has 0 radical (unpaired) electrons. The van der Waals surface area contributed by atoms with Gasteiger partial charge in [0.25, 0.3) is 0 Å². The summed E-state index contributed by atoms with van der Waals surface area (Å²) >= 11 is 0. The Kier molecular flexibility index (Phi) is 5.95. The van der Waals surface area contributed by atoms with Crippen molar-refractivity contribution in [3.05, 3.63) is 35.6 Å². The number of amides is 1. The lowest BCUT2D eigenvalue weighted by Crippen LogP contribution is -2.18. The second-order valence-electron chi connectivity index (χ2n) is 3.86. The van der Waals surface area contributed by atoms with Gasteiger partial charge in [-0.15, -0.1) is 0 Å². The average molecular weight is 299 g/mol. The van der Waals surface area contributed by atoms with Gasteiger partial charge in [0, 0.05) is 21.1 Å². The van der Waals surface area contributed by atoms with Gasteiger partial charge < -0.3 is 19.1 Å². The van der Waals surface area contributed by atoms with Gasteiger partial charge in [-0.25, -0.2) is 0 Å². The topological polar surface area (TPSA) is 73.9 Å². The number of methoxy groups -OCH3 is 1. The van der Waals surface area contributed by atoms with Crippen LogP contribution in [0.15, 0.2) is 30.1 Å². The summed E-state index contributed by atoms with van der Waals surface area (Å²) in [5, 5.41) is 2.61. The normalized spacial score (nSPS) is 12.1. The highest BCUT2D eigenvalue weighted by Gasteiger charge is 2.20. The second-order valence-corrected chi connectivity index (χ2v) is 5.93. The van der Waals surface area contributed by atoms with Crippen LogP contribution in [-0.2, 0) is 18.4 Å². The maximum Gasteiger partial charge on any atom is 0.355 e. The van der Waals surface area contributed by atoms with Crippen LogP contribution >= 0.6 is 7.60 Å². The Hall–Kier alpha value is -1.62. The molecule has 0 atom stereocenters. The lowest BCUT2D eigenvalue weighted by molar-refractivity contribution is -0.117. The molecule has 0 spiro atoms. The molecule has 20 heavy (non-hydrogen) atoms. The fourth-order valence-electron chi connectivity index (χ4n) is 1.48. The monoisotopic (exact) mass is 299 g/mol. The standard InChI is InChI=1S/C13H18NO5P/c1-10(15)14-13(9-20(16,18-3)19-4)11-5-7-12(17-2)8-6-11/h5-9H,1-4H3,(H,14,15)/b13-9+. The Labute approximate surface area is 118 Å². The molecule has 0 fully saturated rings. The van der Waals surface area contributed by atoms with Crippen LogP contribution in [0.2, 0.25) is 0 Å². The summed E-state index contributed by atoms with van der Waals surface area (Å²) in [7, 11) is 0.729. The molecule has 110 valence electrons. The lowest BCUT2D eigenvalue weighted by Gasteiger charge is -2.14. The maximum atomic E-state index is 12.1. The summed E-state index contributed by atoms with van der Waals surface area (Å²) in [6.45, 7) is 1.36. The van der Waals surface area contributed by atoms with E-state index in [2.05, 4.69) is 5.32 Å². The maximum absolute atomic E-state index is 12.1. The van der Waals surface area contributed by atoms with E-state index in [0.29, 0.717) is 17.0 Å². The van der Waals surface area contributed by atoms with Crippen LogP contribution in [0.3, 0.4) is 0 Å². The zero-order valence-electron chi connectivity index (χ0n) is 11.9. The summed E-state index contributed by atoms with van der Waals surface area (Å²) in [4.78, 5) is 11.3. The van der Waals surface area contributed by atoms with Crippen LogP contribution in [0.4, 0.5) is 0 Å². The van der Waals surface area contributed by atoms with Crippen LogP contribution in [0, 0.1) is 0 Å². The van der Waals surface area contributed by atoms with Gasteiger partial charge in [0.1, 0.15) is 5.75 Å². The molecular weight excluding hydrogens is 281 g/mol. The molecule has 0 bridgehead atoms. The van der Waals surface area contributed by atoms with E-state index in [0.717, 1.165) is 0 Å². The number of ether oxygens (including phenoxy) is 1. The molecule has 0 saturated carbocycles. The highest BCUT2D eigenvalue weighted by molar-refractivity contribution is 7.57. The van der Waals surface area contributed by atoms with E-state index < -0.39 is 7.60 Å². The SMILES string of the molecule is COc1ccc(/C(=C\P(=O)(OC)OC)NC(C)=O)cc1. The molecule has 1 aromatic carbocycles. The molecule has 0 aromatic heterocycles. The van der Waals surface area contributed by atoms with Crippen LogP contribution in [0.1, 0.15) is 12.5 Å². The average Bonchev–Trinajstić information content (AvgIpc) is 2.46. The first-order chi connectivity index (χ1) is 9.44. The highest BCUT2D eigenvalue weighted by atomic mass is 31.2. The van der Waals surface area contributed by atoms with Gasteiger partial charge in [0.05, 0.1) is 18.6 Å². The van der Waals surface area contributed by atoms with Crippen molar-refractivity contribution in [2.75, 3.05) is 21.3 Å². The van der Waals surface area contributed by atoms with Crippen molar-refractivity contribution >= 4 is 19.2 Å². The van der Waals surface area contributed by atoms with E-state index >= 15 is 0 Å². The Morgan fingerprint density at radius 2 is 1.70 bits per heavy atom. The zero-order chi connectivity index (χ0) is 15.2. The molecule has 0 heterocycles.